The van der Waals surface area contributed by atoms with E-state index in [4.69, 9.17) is 0 Å². The van der Waals surface area contributed by atoms with Gasteiger partial charge < -0.3 is 10.0 Å². The van der Waals surface area contributed by atoms with Gasteiger partial charge in [-0.15, -0.1) is 0 Å². The molecule has 1 N–H and O–H groups in total. The predicted molar refractivity (Wildman–Crippen MR) is 76.7 cm³/mol. The zero-order valence-corrected chi connectivity index (χ0v) is 11.4. The van der Waals surface area contributed by atoms with Crippen LogP contribution >= 0.6 is 0 Å². The Morgan fingerprint density at radius 3 is 2.95 bits per heavy atom. The van der Waals surface area contributed by atoms with Crippen LogP contribution in [0.25, 0.3) is 10.9 Å². The molecule has 1 aliphatic rings. The zero-order chi connectivity index (χ0) is 14.2. The Bertz CT molecular complexity index is 653. The second-order valence-electron chi connectivity index (χ2n) is 5.36. The van der Waals surface area contributed by atoms with Gasteiger partial charge in [0, 0.05) is 18.5 Å². The number of carbonyl (C=O) groups is 1. The number of rotatable bonds is 3. The molecule has 1 aromatic carbocycles. The summed E-state index contributed by atoms with van der Waals surface area (Å²) >= 11 is 0. The highest BCUT2D eigenvalue weighted by molar-refractivity contribution is 5.91. The molecule has 104 valence electrons. The van der Waals surface area contributed by atoms with Crippen molar-refractivity contribution >= 4 is 22.6 Å². The van der Waals surface area contributed by atoms with Crippen LogP contribution in [0.4, 0.5) is 5.69 Å². The third kappa shape index (κ3) is 1.90. The van der Waals surface area contributed by atoms with E-state index in [1.807, 2.05) is 31.2 Å². The fourth-order valence-electron chi connectivity index (χ4n) is 2.94. The van der Waals surface area contributed by atoms with Crippen LogP contribution in [0, 0.1) is 5.41 Å². The SMILES string of the molecule is CCC1(C(=O)O)CCN(c2cnnc3ccccc23)C1. The van der Waals surface area contributed by atoms with Gasteiger partial charge in [-0.25, -0.2) is 0 Å². The number of benzene rings is 1. The van der Waals surface area contributed by atoms with Crippen LogP contribution in [0.2, 0.25) is 0 Å². The summed E-state index contributed by atoms with van der Waals surface area (Å²) in [7, 11) is 0. The first-order valence-corrected chi connectivity index (χ1v) is 6.85. The summed E-state index contributed by atoms with van der Waals surface area (Å²) in [6.07, 6.45) is 3.06. The van der Waals surface area contributed by atoms with Crippen LogP contribution in [0.1, 0.15) is 19.8 Å². The normalized spacial score (nSPS) is 22.4. The smallest absolute Gasteiger partial charge is 0.311 e. The average molecular weight is 271 g/mol. The first kappa shape index (κ1) is 12.8. The molecule has 0 bridgehead atoms. The number of hydrogen-bond donors (Lipinski definition) is 1. The standard InChI is InChI=1S/C15H17N3O2/c1-2-15(14(19)20)7-8-18(10-15)13-9-16-17-12-6-4-3-5-11(12)13/h3-6,9H,2,7-8,10H2,1H3,(H,19,20). The maximum absolute atomic E-state index is 11.5. The third-order valence-electron chi connectivity index (χ3n) is 4.35. The summed E-state index contributed by atoms with van der Waals surface area (Å²) in [6, 6.07) is 7.82. The number of aromatic nitrogens is 2. The Balaban J connectivity index is 2.00. The molecule has 0 radical (unpaired) electrons. The van der Waals surface area contributed by atoms with Gasteiger partial charge in [-0.1, -0.05) is 25.1 Å². The number of hydrogen-bond acceptors (Lipinski definition) is 4. The highest BCUT2D eigenvalue weighted by atomic mass is 16.4. The van der Waals surface area contributed by atoms with Crippen molar-refractivity contribution in [1.29, 1.82) is 0 Å². The largest absolute Gasteiger partial charge is 0.481 e. The fourth-order valence-corrected chi connectivity index (χ4v) is 2.94. The molecule has 0 amide bonds. The summed E-state index contributed by atoms with van der Waals surface area (Å²) in [4.78, 5) is 13.7. The molecular weight excluding hydrogens is 254 g/mol. The summed E-state index contributed by atoms with van der Waals surface area (Å²) in [5.74, 6) is -0.700. The molecule has 1 saturated heterocycles. The Kier molecular flexibility index (Phi) is 3.04. The molecule has 1 atom stereocenters. The van der Waals surface area contributed by atoms with E-state index >= 15 is 0 Å². The monoisotopic (exact) mass is 271 g/mol. The fraction of sp³-hybridized carbons (Fsp3) is 0.400. The number of anilines is 1. The number of carboxylic acid groups (broad SMARTS) is 1. The molecule has 0 spiro atoms. The van der Waals surface area contributed by atoms with Crippen molar-refractivity contribution in [2.75, 3.05) is 18.0 Å². The molecular formula is C15H17N3O2. The van der Waals surface area contributed by atoms with Gasteiger partial charge in [-0.05, 0) is 18.9 Å². The van der Waals surface area contributed by atoms with Gasteiger partial charge >= 0.3 is 5.97 Å². The van der Waals surface area contributed by atoms with Crippen LogP contribution < -0.4 is 4.90 Å². The molecule has 2 aromatic rings. The van der Waals surface area contributed by atoms with E-state index in [9.17, 15) is 9.90 Å². The second-order valence-corrected chi connectivity index (χ2v) is 5.36. The Morgan fingerprint density at radius 1 is 1.45 bits per heavy atom. The topological polar surface area (TPSA) is 66.3 Å². The molecule has 0 saturated carbocycles. The van der Waals surface area contributed by atoms with E-state index in [0.717, 1.165) is 23.1 Å². The maximum Gasteiger partial charge on any atom is 0.311 e. The minimum Gasteiger partial charge on any atom is -0.481 e. The van der Waals surface area contributed by atoms with Crippen molar-refractivity contribution in [1.82, 2.24) is 10.2 Å². The molecule has 1 unspecified atom stereocenters. The highest BCUT2D eigenvalue weighted by Crippen LogP contribution is 2.38. The average Bonchev–Trinajstić information content (AvgIpc) is 2.92. The Hall–Kier alpha value is -2.17. The number of aliphatic carboxylic acids is 1. The van der Waals surface area contributed by atoms with Crippen LogP contribution in [0.5, 0.6) is 0 Å². The maximum atomic E-state index is 11.5. The molecule has 5 nitrogen and oxygen atoms in total. The Morgan fingerprint density at radius 2 is 2.25 bits per heavy atom. The predicted octanol–water partition coefficient (Wildman–Crippen LogP) is 2.32. The van der Waals surface area contributed by atoms with Gasteiger partial charge in [0.05, 0.1) is 22.8 Å². The van der Waals surface area contributed by atoms with Gasteiger partial charge in [0.1, 0.15) is 0 Å². The summed E-state index contributed by atoms with van der Waals surface area (Å²) in [5, 5.41) is 18.7. The van der Waals surface area contributed by atoms with E-state index in [1.54, 1.807) is 6.20 Å². The molecule has 5 heteroatoms. The van der Waals surface area contributed by atoms with Crippen molar-refractivity contribution < 1.29 is 9.90 Å². The van der Waals surface area contributed by atoms with Gasteiger partial charge in [-0.3, -0.25) is 4.79 Å². The minimum atomic E-state index is -0.700. The summed E-state index contributed by atoms with van der Waals surface area (Å²) in [5.41, 5.74) is 1.19. The number of carboxylic acids is 1. The zero-order valence-electron chi connectivity index (χ0n) is 11.4. The van der Waals surface area contributed by atoms with Gasteiger partial charge in [0.2, 0.25) is 0 Å². The van der Waals surface area contributed by atoms with Crippen molar-refractivity contribution in [3.8, 4) is 0 Å². The van der Waals surface area contributed by atoms with Crippen LogP contribution in [0.15, 0.2) is 30.5 Å². The van der Waals surface area contributed by atoms with Gasteiger partial charge in [0.15, 0.2) is 0 Å². The molecule has 1 aromatic heterocycles. The lowest BCUT2D eigenvalue weighted by Gasteiger charge is -2.24. The number of fused-ring (bicyclic) bond motifs is 1. The van der Waals surface area contributed by atoms with Crippen molar-refractivity contribution in [3.63, 3.8) is 0 Å². The quantitative estimate of drug-likeness (QED) is 0.928. The van der Waals surface area contributed by atoms with Crippen molar-refractivity contribution in [2.24, 2.45) is 5.41 Å². The van der Waals surface area contributed by atoms with Crippen LogP contribution in [-0.4, -0.2) is 34.4 Å². The second kappa shape index (κ2) is 4.74. The van der Waals surface area contributed by atoms with Crippen molar-refractivity contribution in [3.05, 3.63) is 30.5 Å². The van der Waals surface area contributed by atoms with E-state index in [0.29, 0.717) is 19.4 Å². The molecule has 20 heavy (non-hydrogen) atoms. The molecule has 2 heterocycles. The van der Waals surface area contributed by atoms with E-state index < -0.39 is 11.4 Å². The van der Waals surface area contributed by atoms with Crippen molar-refractivity contribution in [2.45, 2.75) is 19.8 Å². The first-order chi connectivity index (χ1) is 9.66. The minimum absolute atomic E-state index is 0.536. The van der Waals surface area contributed by atoms with Crippen LogP contribution in [-0.2, 0) is 4.79 Å². The van der Waals surface area contributed by atoms with E-state index in [1.165, 1.54) is 0 Å². The van der Waals surface area contributed by atoms with E-state index in [2.05, 4.69) is 15.1 Å². The molecule has 3 rings (SSSR count). The molecule has 1 fully saturated rings. The Labute approximate surface area is 117 Å². The lowest BCUT2D eigenvalue weighted by Crippen LogP contribution is -2.34. The van der Waals surface area contributed by atoms with Gasteiger partial charge in [0.25, 0.3) is 0 Å². The third-order valence-corrected chi connectivity index (χ3v) is 4.35. The lowest BCUT2D eigenvalue weighted by molar-refractivity contribution is -0.147. The molecule has 0 aliphatic carbocycles. The highest BCUT2D eigenvalue weighted by Gasteiger charge is 2.43. The first-order valence-electron chi connectivity index (χ1n) is 6.85. The molecule has 1 aliphatic heterocycles. The lowest BCUT2D eigenvalue weighted by atomic mass is 9.84. The van der Waals surface area contributed by atoms with Gasteiger partial charge in [-0.2, -0.15) is 10.2 Å². The van der Waals surface area contributed by atoms with E-state index in [-0.39, 0.29) is 0 Å². The summed E-state index contributed by atoms with van der Waals surface area (Å²) in [6.45, 7) is 3.23. The number of nitrogens with zero attached hydrogens (tertiary/aromatic N) is 3. The summed E-state index contributed by atoms with van der Waals surface area (Å²) < 4.78 is 0. The van der Waals surface area contributed by atoms with Crippen LogP contribution in [0.3, 0.4) is 0 Å².